The van der Waals surface area contributed by atoms with Crippen LogP contribution in [-0.4, -0.2) is 29.6 Å². The molecular weight excluding hydrogens is 210 g/mol. The zero-order valence-corrected chi connectivity index (χ0v) is 10.0. The summed E-state index contributed by atoms with van der Waals surface area (Å²) in [6, 6.07) is 0. The van der Waals surface area contributed by atoms with Gasteiger partial charge in [0.1, 0.15) is 5.82 Å². The second-order valence-corrected chi connectivity index (χ2v) is 4.93. The van der Waals surface area contributed by atoms with Gasteiger partial charge in [0.25, 0.3) is 0 Å². The quantitative estimate of drug-likeness (QED) is 0.808. The monoisotopic (exact) mass is 227 g/mol. The molecule has 84 valence electrons. The van der Waals surface area contributed by atoms with Crippen LogP contribution in [0, 0.1) is 5.92 Å². The summed E-state index contributed by atoms with van der Waals surface area (Å²) >= 11 is 1.46. The van der Waals surface area contributed by atoms with Gasteiger partial charge in [-0.3, -0.25) is 0 Å². The Kier molecular flexibility index (Phi) is 3.53. The minimum absolute atomic E-state index is 0.503. The molecule has 1 aromatic rings. The van der Waals surface area contributed by atoms with Crippen LogP contribution in [0.5, 0.6) is 0 Å². The molecule has 1 atom stereocenters. The van der Waals surface area contributed by atoms with E-state index in [1.807, 2.05) is 0 Å². The molecule has 5 heteroatoms. The van der Waals surface area contributed by atoms with E-state index < -0.39 is 0 Å². The second-order valence-electron chi connectivity index (χ2n) is 4.17. The third-order valence-corrected chi connectivity index (χ3v) is 3.12. The first-order valence-electron chi connectivity index (χ1n) is 5.36. The average molecular weight is 227 g/mol. The maximum Gasteiger partial charge on any atom is 0.202 e. The van der Waals surface area contributed by atoms with E-state index in [4.69, 9.17) is 4.74 Å². The lowest BCUT2D eigenvalue weighted by Gasteiger charge is -2.09. The SMILES string of the molecule is COCC(C)CNc1nc(C2CC2)ns1. The highest BCUT2D eigenvalue weighted by atomic mass is 32.1. The van der Waals surface area contributed by atoms with E-state index >= 15 is 0 Å². The number of anilines is 1. The van der Waals surface area contributed by atoms with Gasteiger partial charge >= 0.3 is 0 Å². The lowest BCUT2D eigenvalue weighted by Crippen LogP contribution is -2.15. The molecule has 15 heavy (non-hydrogen) atoms. The minimum Gasteiger partial charge on any atom is -0.384 e. The summed E-state index contributed by atoms with van der Waals surface area (Å²) in [5.41, 5.74) is 0. The van der Waals surface area contributed by atoms with Crippen molar-refractivity contribution in [2.75, 3.05) is 25.6 Å². The van der Waals surface area contributed by atoms with E-state index in [1.165, 1.54) is 24.4 Å². The van der Waals surface area contributed by atoms with Crippen LogP contribution in [0.15, 0.2) is 0 Å². The summed E-state index contributed by atoms with van der Waals surface area (Å²) < 4.78 is 9.41. The molecule has 1 aliphatic rings. The van der Waals surface area contributed by atoms with Gasteiger partial charge in [0.05, 0.1) is 6.61 Å². The largest absolute Gasteiger partial charge is 0.384 e. The molecule has 1 aromatic heterocycles. The third-order valence-electron chi connectivity index (χ3n) is 2.44. The number of nitrogens with one attached hydrogen (secondary N) is 1. The van der Waals surface area contributed by atoms with E-state index in [0.29, 0.717) is 11.8 Å². The highest BCUT2D eigenvalue weighted by Gasteiger charge is 2.27. The molecule has 0 radical (unpaired) electrons. The van der Waals surface area contributed by atoms with Gasteiger partial charge in [-0.1, -0.05) is 6.92 Å². The van der Waals surface area contributed by atoms with Crippen LogP contribution in [0.2, 0.25) is 0 Å². The number of rotatable bonds is 6. The van der Waals surface area contributed by atoms with Gasteiger partial charge in [0.2, 0.25) is 5.13 Å². The van der Waals surface area contributed by atoms with E-state index in [0.717, 1.165) is 24.1 Å². The Labute approximate surface area is 94.2 Å². The Hall–Kier alpha value is -0.680. The molecule has 1 fully saturated rings. The van der Waals surface area contributed by atoms with E-state index in [9.17, 15) is 0 Å². The van der Waals surface area contributed by atoms with Crippen LogP contribution in [0.3, 0.4) is 0 Å². The van der Waals surface area contributed by atoms with Crippen molar-refractivity contribution in [1.82, 2.24) is 9.36 Å². The van der Waals surface area contributed by atoms with Gasteiger partial charge in [-0.15, -0.1) is 0 Å². The molecule has 2 rings (SSSR count). The Bertz CT molecular complexity index is 311. The zero-order chi connectivity index (χ0) is 10.7. The number of nitrogens with zero attached hydrogens (tertiary/aromatic N) is 2. The summed E-state index contributed by atoms with van der Waals surface area (Å²) in [6.45, 7) is 3.83. The van der Waals surface area contributed by atoms with Gasteiger partial charge in [0, 0.05) is 31.1 Å². The molecule has 1 heterocycles. The topological polar surface area (TPSA) is 47.0 Å². The number of ether oxygens (including phenoxy) is 1. The summed E-state index contributed by atoms with van der Waals surface area (Å²) in [5.74, 6) is 2.18. The van der Waals surface area contributed by atoms with Crippen LogP contribution in [0.4, 0.5) is 5.13 Å². The molecule has 0 amide bonds. The molecule has 1 aliphatic carbocycles. The van der Waals surface area contributed by atoms with Gasteiger partial charge < -0.3 is 10.1 Å². The normalized spacial score (nSPS) is 17.7. The first-order valence-corrected chi connectivity index (χ1v) is 6.13. The van der Waals surface area contributed by atoms with Crippen molar-refractivity contribution in [3.8, 4) is 0 Å². The standard InChI is InChI=1S/C10H17N3OS/c1-7(6-14-2)5-11-10-12-9(13-15-10)8-3-4-8/h7-8H,3-6H2,1-2H3,(H,11,12,13). The number of aromatic nitrogens is 2. The van der Waals surface area contributed by atoms with Crippen LogP contribution in [0.1, 0.15) is 31.5 Å². The molecule has 0 saturated heterocycles. The van der Waals surface area contributed by atoms with Crippen molar-refractivity contribution in [2.24, 2.45) is 5.92 Å². The van der Waals surface area contributed by atoms with Crippen molar-refractivity contribution < 1.29 is 4.74 Å². The first-order chi connectivity index (χ1) is 7.29. The molecule has 0 aliphatic heterocycles. The summed E-state index contributed by atoms with van der Waals surface area (Å²) in [7, 11) is 1.73. The highest BCUT2D eigenvalue weighted by Crippen LogP contribution is 2.39. The molecule has 4 nitrogen and oxygen atoms in total. The van der Waals surface area contributed by atoms with E-state index in [2.05, 4.69) is 21.6 Å². The van der Waals surface area contributed by atoms with Gasteiger partial charge in [-0.2, -0.15) is 4.37 Å². The Morgan fingerprint density at radius 3 is 3.07 bits per heavy atom. The summed E-state index contributed by atoms with van der Waals surface area (Å²) in [6.07, 6.45) is 2.52. The zero-order valence-electron chi connectivity index (χ0n) is 9.19. The average Bonchev–Trinajstić information content (AvgIpc) is 2.96. The molecule has 1 saturated carbocycles. The van der Waals surface area contributed by atoms with Crippen molar-refractivity contribution >= 4 is 16.7 Å². The predicted molar refractivity (Wildman–Crippen MR) is 61.4 cm³/mol. The van der Waals surface area contributed by atoms with E-state index in [1.54, 1.807) is 7.11 Å². The Morgan fingerprint density at radius 1 is 1.60 bits per heavy atom. The summed E-state index contributed by atoms with van der Waals surface area (Å²) in [5, 5.41) is 4.24. The van der Waals surface area contributed by atoms with Crippen molar-refractivity contribution in [1.29, 1.82) is 0 Å². The second kappa shape index (κ2) is 4.90. The molecule has 0 bridgehead atoms. The maximum absolute atomic E-state index is 5.07. The molecular formula is C10H17N3OS. The lowest BCUT2D eigenvalue weighted by atomic mass is 10.2. The van der Waals surface area contributed by atoms with Crippen LogP contribution in [-0.2, 0) is 4.74 Å². The van der Waals surface area contributed by atoms with E-state index in [-0.39, 0.29) is 0 Å². The fraction of sp³-hybridized carbons (Fsp3) is 0.800. The number of methoxy groups -OCH3 is 1. The first kappa shape index (κ1) is 10.8. The van der Waals surface area contributed by atoms with Gasteiger partial charge in [0.15, 0.2) is 0 Å². The Morgan fingerprint density at radius 2 is 2.40 bits per heavy atom. The maximum atomic E-state index is 5.07. The summed E-state index contributed by atoms with van der Waals surface area (Å²) in [4.78, 5) is 4.46. The van der Waals surface area contributed by atoms with Crippen LogP contribution >= 0.6 is 11.5 Å². The molecule has 1 N–H and O–H groups in total. The van der Waals surface area contributed by atoms with Gasteiger partial charge in [-0.05, 0) is 18.8 Å². The van der Waals surface area contributed by atoms with Crippen molar-refractivity contribution in [2.45, 2.75) is 25.7 Å². The third kappa shape index (κ3) is 3.14. The Balaban J connectivity index is 1.77. The number of hydrogen-bond acceptors (Lipinski definition) is 5. The fourth-order valence-electron chi connectivity index (χ4n) is 1.42. The van der Waals surface area contributed by atoms with Gasteiger partial charge in [-0.25, -0.2) is 4.98 Å². The van der Waals surface area contributed by atoms with Crippen LogP contribution < -0.4 is 5.32 Å². The fourth-order valence-corrected chi connectivity index (χ4v) is 2.07. The molecule has 0 spiro atoms. The number of hydrogen-bond donors (Lipinski definition) is 1. The highest BCUT2D eigenvalue weighted by molar-refractivity contribution is 7.09. The molecule has 1 unspecified atom stereocenters. The van der Waals surface area contributed by atoms with Crippen LogP contribution in [0.25, 0.3) is 0 Å². The van der Waals surface area contributed by atoms with Crippen molar-refractivity contribution in [3.05, 3.63) is 5.82 Å². The predicted octanol–water partition coefficient (Wildman–Crippen LogP) is 2.11. The minimum atomic E-state index is 0.503. The smallest absolute Gasteiger partial charge is 0.202 e. The lowest BCUT2D eigenvalue weighted by molar-refractivity contribution is 0.164. The molecule has 0 aromatic carbocycles. The van der Waals surface area contributed by atoms with Crippen molar-refractivity contribution in [3.63, 3.8) is 0 Å².